The lowest BCUT2D eigenvalue weighted by Crippen LogP contribution is -2.26. The van der Waals surface area contributed by atoms with Crippen LogP contribution in [0.15, 0.2) is 72.9 Å². The van der Waals surface area contributed by atoms with Crippen molar-refractivity contribution in [2.45, 2.75) is 13.8 Å². The number of para-hydroxylation sites is 1. The highest BCUT2D eigenvalue weighted by molar-refractivity contribution is 6.05. The Morgan fingerprint density at radius 2 is 1.57 bits per heavy atom. The van der Waals surface area contributed by atoms with Crippen LogP contribution in [0, 0.1) is 0 Å². The molecule has 28 heavy (non-hydrogen) atoms. The van der Waals surface area contributed by atoms with E-state index in [1.54, 1.807) is 24.2 Å². The molecule has 5 nitrogen and oxygen atoms in total. The van der Waals surface area contributed by atoms with E-state index in [4.69, 9.17) is 0 Å². The molecule has 0 saturated carbocycles. The highest BCUT2D eigenvalue weighted by Crippen LogP contribution is 2.21. The van der Waals surface area contributed by atoms with Crippen molar-refractivity contribution in [2.24, 2.45) is 0 Å². The molecule has 2 aromatic carbocycles. The molecule has 3 rings (SSSR count). The van der Waals surface area contributed by atoms with Crippen LogP contribution in [0.25, 0.3) is 0 Å². The zero-order chi connectivity index (χ0) is 19.9. The maximum Gasteiger partial charge on any atom is 0.259 e. The number of nitrogens with zero attached hydrogens (tertiary/aromatic N) is 3. The number of benzene rings is 2. The maximum absolute atomic E-state index is 12.6. The largest absolute Gasteiger partial charge is 0.372 e. The van der Waals surface area contributed by atoms with Gasteiger partial charge in [-0.2, -0.15) is 0 Å². The molecule has 1 N–H and O–H groups in total. The zero-order valence-electron chi connectivity index (χ0n) is 16.6. The molecule has 1 amide bonds. The number of carbonyl (C=O) groups is 1. The van der Waals surface area contributed by atoms with Crippen molar-refractivity contribution in [3.05, 3.63) is 78.5 Å². The minimum Gasteiger partial charge on any atom is -0.372 e. The van der Waals surface area contributed by atoms with Gasteiger partial charge in [0.15, 0.2) is 0 Å². The predicted molar refractivity (Wildman–Crippen MR) is 117 cm³/mol. The molecule has 1 aromatic heterocycles. The average molecular weight is 374 g/mol. The number of aromatic nitrogens is 1. The van der Waals surface area contributed by atoms with Gasteiger partial charge in [-0.1, -0.05) is 18.2 Å². The molecule has 3 aromatic rings. The number of nitrogens with one attached hydrogen (secondary N) is 1. The normalized spacial score (nSPS) is 10.4. The molecule has 0 atom stereocenters. The van der Waals surface area contributed by atoms with Crippen molar-refractivity contribution < 1.29 is 4.79 Å². The molecular weight excluding hydrogens is 348 g/mol. The number of pyridine rings is 1. The average Bonchev–Trinajstić information content (AvgIpc) is 2.76. The quantitative estimate of drug-likeness (QED) is 0.636. The van der Waals surface area contributed by atoms with Crippen LogP contribution in [-0.4, -0.2) is 31.0 Å². The lowest BCUT2D eigenvalue weighted by atomic mass is 10.2. The first-order valence-corrected chi connectivity index (χ1v) is 9.53. The second kappa shape index (κ2) is 9.04. The Morgan fingerprint density at radius 1 is 0.893 bits per heavy atom. The number of rotatable bonds is 7. The van der Waals surface area contributed by atoms with E-state index in [9.17, 15) is 4.79 Å². The first-order valence-electron chi connectivity index (χ1n) is 9.53. The van der Waals surface area contributed by atoms with Gasteiger partial charge in [-0.05, 0) is 62.4 Å². The fraction of sp³-hybridized carbons (Fsp3) is 0.217. The standard InChI is InChI=1S/C23H26N4O/c1-4-27(5-2)21-14-12-19(13-15-21)25-22-16-11-18(17-24-22)23(28)26(3)20-9-7-6-8-10-20/h6-17H,4-5H2,1-3H3,(H,24,25). The van der Waals surface area contributed by atoms with Crippen molar-refractivity contribution in [1.82, 2.24) is 4.98 Å². The molecule has 0 aliphatic carbocycles. The molecule has 0 fully saturated rings. The summed E-state index contributed by atoms with van der Waals surface area (Å²) >= 11 is 0. The summed E-state index contributed by atoms with van der Waals surface area (Å²) in [5.41, 5.74) is 3.56. The van der Waals surface area contributed by atoms with Crippen LogP contribution in [0.2, 0.25) is 0 Å². The molecule has 0 saturated heterocycles. The van der Waals surface area contributed by atoms with Gasteiger partial charge in [-0.25, -0.2) is 4.98 Å². The highest BCUT2D eigenvalue weighted by atomic mass is 16.2. The van der Waals surface area contributed by atoms with Gasteiger partial charge in [-0.3, -0.25) is 4.79 Å². The van der Waals surface area contributed by atoms with Crippen LogP contribution < -0.4 is 15.1 Å². The fourth-order valence-corrected chi connectivity index (χ4v) is 3.05. The minimum absolute atomic E-state index is 0.0891. The molecular formula is C23H26N4O. The lowest BCUT2D eigenvalue weighted by Gasteiger charge is -2.21. The summed E-state index contributed by atoms with van der Waals surface area (Å²) in [6.07, 6.45) is 1.61. The van der Waals surface area contributed by atoms with Gasteiger partial charge in [-0.15, -0.1) is 0 Å². The van der Waals surface area contributed by atoms with Crippen LogP contribution >= 0.6 is 0 Å². The summed E-state index contributed by atoms with van der Waals surface area (Å²) in [5.74, 6) is 0.614. The molecule has 144 valence electrons. The molecule has 1 heterocycles. The van der Waals surface area contributed by atoms with Crippen molar-refractivity contribution in [3.8, 4) is 0 Å². The summed E-state index contributed by atoms with van der Waals surface area (Å²) in [4.78, 5) is 20.9. The van der Waals surface area contributed by atoms with E-state index in [0.717, 1.165) is 24.5 Å². The van der Waals surface area contributed by atoms with Crippen LogP contribution in [0.3, 0.4) is 0 Å². The molecule has 5 heteroatoms. The summed E-state index contributed by atoms with van der Waals surface area (Å²) < 4.78 is 0. The van der Waals surface area contributed by atoms with E-state index >= 15 is 0 Å². The summed E-state index contributed by atoms with van der Waals surface area (Å²) in [6.45, 7) is 6.27. The van der Waals surface area contributed by atoms with Gasteiger partial charge in [0.25, 0.3) is 5.91 Å². The van der Waals surface area contributed by atoms with Crippen LogP contribution in [-0.2, 0) is 0 Å². The Hall–Kier alpha value is -3.34. The van der Waals surface area contributed by atoms with Gasteiger partial charge >= 0.3 is 0 Å². The highest BCUT2D eigenvalue weighted by Gasteiger charge is 2.13. The molecule has 0 aliphatic heterocycles. The van der Waals surface area contributed by atoms with E-state index in [-0.39, 0.29) is 5.91 Å². The predicted octanol–water partition coefficient (Wildman–Crippen LogP) is 4.95. The maximum atomic E-state index is 12.6. The Labute approximate surface area is 166 Å². The summed E-state index contributed by atoms with van der Waals surface area (Å²) in [5, 5.41) is 3.28. The second-order valence-electron chi connectivity index (χ2n) is 6.48. The summed E-state index contributed by atoms with van der Waals surface area (Å²) in [7, 11) is 1.77. The van der Waals surface area contributed by atoms with Crippen molar-refractivity contribution in [3.63, 3.8) is 0 Å². The van der Waals surface area contributed by atoms with Crippen molar-refractivity contribution in [1.29, 1.82) is 0 Å². The third kappa shape index (κ3) is 4.49. The van der Waals surface area contributed by atoms with Crippen LogP contribution in [0.5, 0.6) is 0 Å². The van der Waals surface area contributed by atoms with E-state index in [2.05, 4.69) is 41.2 Å². The zero-order valence-corrected chi connectivity index (χ0v) is 16.6. The van der Waals surface area contributed by atoms with E-state index < -0.39 is 0 Å². The number of carbonyl (C=O) groups excluding carboxylic acids is 1. The smallest absolute Gasteiger partial charge is 0.259 e. The second-order valence-corrected chi connectivity index (χ2v) is 6.48. The Bertz CT molecular complexity index is 888. The Balaban J connectivity index is 1.67. The first kappa shape index (κ1) is 19.4. The monoisotopic (exact) mass is 374 g/mol. The number of hydrogen-bond acceptors (Lipinski definition) is 4. The first-order chi connectivity index (χ1) is 13.6. The topological polar surface area (TPSA) is 48.5 Å². The number of hydrogen-bond donors (Lipinski definition) is 1. The van der Waals surface area contributed by atoms with Gasteiger partial charge in [0.1, 0.15) is 5.82 Å². The molecule has 0 radical (unpaired) electrons. The van der Waals surface area contributed by atoms with Crippen molar-refractivity contribution in [2.75, 3.05) is 35.3 Å². The van der Waals surface area contributed by atoms with Gasteiger partial charge in [0.05, 0.1) is 5.56 Å². The van der Waals surface area contributed by atoms with E-state index in [0.29, 0.717) is 11.4 Å². The van der Waals surface area contributed by atoms with Gasteiger partial charge < -0.3 is 15.1 Å². The minimum atomic E-state index is -0.0891. The molecule has 0 unspecified atom stereocenters. The molecule has 0 spiro atoms. The third-order valence-corrected chi connectivity index (χ3v) is 4.73. The lowest BCUT2D eigenvalue weighted by molar-refractivity contribution is 0.0992. The summed E-state index contributed by atoms with van der Waals surface area (Å²) in [6, 6.07) is 21.5. The van der Waals surface area contributed by atoms with Crippen molar-refractivity contribution >= 4 is 28.8 Å². The molecule has 0 bridgehead atoms. The number of anilines is 4. The Morgan fingerprint density at radius 3 is 2.14 bits per heavy atom. The van der Waals surface area contributed by atoms with Crippen LogP contribution in [0.4, 0.5) is 22.9 Å². The third-order valence-electron chi connectivity index (χ3n) is 4.73. The number of amides is 1. The van der Waals surface area contributed by atoms with E-state index in [1.165, 1.54) is 5.69 Å². The fourth-order valence-electron chi connectivity index (χ4n) is 3.05. The van der Waals surface area contributed by atoms with Gasteiger partial charge in [0.2, 0.25) is 0 Å². The Kier molecular flexibility index (Phi) is 6.27. The van der Waals surface area contributed by atoms with Crippen LogP contribution in [0.1, 0.15) is 24.2 Å². The van der Waals surface area contributed by atoms with E-state index in [1.807, 2.05) is 48.5 Å². The SMILES string of the molecule is CCN(CC)c1ccc(Nc2ccc(C(=O)N(C)c3ccccc3)cn2)cc1. The van der Waals surface area contributed by atoms with Gasteiger partial charge in [0, 0.05) is 43.4 Å². The molecule has 0 aliphatic rings.